The first-order chi connectivity index (χ1) is 9.51. The molecule has 4 nitrogen and oxygen atoms in total. The molecule has 0 saturated carbocycles. The van der Waals surface area contributed by atoms with Crippen LogP contribution in [-0.4, -0.2) is 22.6 Å². The zero-order valence-corrected chi connectivity index (χ0v) is 12.9. The Hall–Kier alpha value is -1.04. The van der Waals surface area contributed by atoms with E-state index in [1.807, 2.05) is 0 Å². The first-order valence-corrected chi connectivity index (χ1v) is 7.70. The van der Waals surface area contributed by atoms with Gasteiger partial charge in [-0.2, -0.15) is 0 Å². The van der Waals surface area contributed by atoms with Crippen molar-refractivity contribution in [3.63, 3.8) is 0 Å². The van der Waals surface area contributed by atoms with Gasteiger partial charge in [-0.05, 0) is 24.6 Å². The van der Waals surface area contributed by atoms with E-state index in [2.05, 4.69) is 9.98 Å². The summed E-state index contributed by atoms with van der Waals surface area (Å²) in [5.74, 6) is -1.26. The van der Waals surface area contributed by atoms with Crippen LogP contribution >= 0.6 is 35.0 Å². The largest absolute Gasteiger partial charge is 0.549 e. The van der Waals surface area contributed by atoms with E-state index in [1.54, 1.807) is 25.1 Å². The summed E-state index contributed by atoms with van der Waals surface area (Å²) in [6.45, 7) is 1.79. The summed E-state index contributed by atoms with van der Waals surface area (Å²) in [5.41, 5.74) is 1.10. The minimum atomic E-state index is -1.10. The highest BCUT2D eigenvalue weighted by Gasteiger charge is 2.22. The SMILES string of the molecule is CCC(C(=O)[O-])C1=NC(=Nc2cc(Cl)ccc2Cl)SC1. The van der Waals surface area contributed by atoms with Crippen molar-refractivity contribution in [3.8, 4) is 0 Å². The van der Waals surface area contributed by atoms with Crippen molar-refractivity contribution in [2.24, 2.45) is 15.9 Å². The van der Waals surface area contributed by atoms with Gasteiger partial charge in [0.2, 0.25) is 0 Å². The van der Waals surface area contributed by atoms with Crippen LogP contribution in [0.5, 0.6) is 0 Å². The zero-order valence-electron chi connectivity index (χ0n) is 10.6. The number of aliphatic carboxylic acids is 1. The van der Waals surface area contributed by atoms with Crippen LogP contribution in [0.2, 0.25) is 10.0 Å². The molecular weight excluding hydrogens is 319 g/mol. The van der Waals surface area contributed by atoms with E-state index >= 15 is 0 Å². The summed E-state index contributed by atoms with van der Waals surface area (Å²) in [6, 6.07) is 4.97. The third-order valence-corrected chi connectivity index (χ3v) is 4.24. The molecule has 0 amide bonds. The Kier molecular flexibility index (Phi) is 5.07. The topological polar surface area (TPSA) is 64.8 Å². The van der Waals surface area contributed by atoms with E-state index in [9.17, 15) is 9.90 Å². The number of carboxylic acid groups (broad SMARTS) is 1. The standard InChI is InChI=1S/C13H12Cl2N2O2S/c1-2-8(12(18)19)11-6-20-13(17-11)16-10-5-7(14)3-4-9(10)15/h3-5,8H,2,6H2,1H3,(H,18,19)/p-1. The molecule has 106 valence electrons. The van der Waals surface area contributed by atoms with Gasteiger partial charge in [0.15, 0.2) is 5.17 Å². The highest BCUT2D eigenvalue weighted by molar-refractivity contribution is 8.15. The number of carbonyl (C=O) groups is 1. The summed E-state index contributed by atoms with van der Waals surface area (Å²) >= 11 is 13.3. The van der Waals surface area contributed by atoms with E-state index in [-0.39, 0.29) is 0 Å². The summed E-state index contributed by atoms with van der Waals surface area (Å²) < 4.78 is 0. The number of nitrogens with zero attached hydrogens (tertiary/aromatic N) is 2. The van der Waals surface area contributed by atoms with Gasteiger partial charge in [0, 0.05) is 22.4 Å². The van der Waals surface area contributed by atoms with Gasteiger partial charge < -0.3 is 9.90 Å². The second-order valence-corrected chi connectivity index (χ2v) is 5.95. The molecule has 0 N–H and O–H groups in total. The summed E-state index contributed by atoms with van der Waals surface area (Å²) in [6.07, 6.45) is 0.451. The predicted octanol–water partition coefficient (Wildman–Crippen LogP) is 2.94. The number of thioether (sulfide) groups is 1. The zero-order chi connectivity index (χ0) is 14.7. The Morgan fingerprint density at radius 1 is 1.55 bits per heavy atom. The van der Waals surface area contributed by atoms with Gasteiger partial charge in [-0.1, -0.05) is 41.9 Å². The van der Waals surface area contributed by atoms with Crippen LogP contribution in [0, 0.1) is 5.92 Å². The highest BCUT2D eigenvalue weighted by atomic mass is 35.5. The third kappa shape index (κ3) is 3.53. The van der Waals surface area contributed by atoms with Crippen LogP contribution in [0.3, 0.4) is 0 Å². The van der Waals surface area contributed by atoms with Gasteiger partial charge >= 0.3 is 0 Å². The molecule has 0 spiro atoms. The lowest BCUT2D eigenvalue weighted by molar-refractivity contribution is -0.308. The molecule has 1 aliphatic rings. The van der Waals surface area contributed by atoms with Crippen molar-refractivity contribution in [1.82, 2.24) is 0 Å². The van der Waals surface area contributed by atoms with Crippen molar-refractivity contribution in [1.29, 1.82) is 0 Å². The fraction of sp³-hybridized carbons (Fsp3) is 0.308. The van der Waals surface area contributed by atoms with E-state index in [0.29, 0.717) is 38.8 Å². The molecule has 0 aromatic heterocycles. The Morgan fingerprint density at radius 3 is 2.95 bits per heavy atom. The minimum Gasteiger partial charge on any atom is -0.549 e. The molecule has 1 aromatic rings. The average molecular weight is 330 g/mol. The van der Waals surface area contributed by atoms with Crippen LogP contribution < -0.4 is 5.11 Å². The van der Waals surface area contributed by atoms with Gasteiger partial charge in [0.25, 0.3) is 0 Å². The molecule has 1 atom stereocenters. The van der Waals surface area contributed by atoms with Gasteiger partial charge in [-0.3, -0.25) is 0 Å². The number of aliphatic imine (C=N–C) groups is 2. The number of hydrogen-bond acceptors (Lipinski definition) is 4. The van der Waals surface area contributed by atoms with E-state index < -0.39 is 11.9 Å². The van der Waals surface area contributed by atoms with Crippen LogP contribution in [0.1, 0.15) is 13.3 Å². The molecule has 20 heavy (non-hydrogen) atoms. The summed E-state index contributed by atoms with van der Waals surface area (Å²) in [7, 11) is 0. The second kappa shape index (κ2) is 6.61. The molecule has 7 heteroatoms. The maximum atomic E-state index is 11.0. The summed E-state index contributed by atoms with van der Waals surface area (Å²) in [4.78, 5) is 19.6. The lowest BCUT2D eigenvalue weighted by Gasteiger charge is -2.14. The molecule has 0 fully saturated rings. The summed E-state index contributed by atoms with van der Waals surface area (Å²) in [5, 5.41) is 12.5. The molecule has 1 heterocycles. The first-order valence-electron chi connectivity index (χ1n) is 5.96. The van der Waals surface area contributed by atoms with E-state index in [1.165, 1.54) is 11.8 Å². The van der Waals surface area contributed by atoms with Gasteiger partial charge in [-0.15, -0.1) is 0 Å². The van der Waals surface area contributed by atoms with Crippen LogP contribution in [-0.2, 0) is 4.79 Å². The number of carbonyl (C=O) groups excluding carboxylic acids is 1. The maximum Gasteiger partial charge on any atom is 0.188 e. The lowest BCUT2D eigenvalue weighted by atomic mass is 10.0. The fourth-order valence-electron chi connectivity index (χ4n) is 1.77. The predicted molar refractivity (Wildman–Crippen MR) is 82.2 cm³/mol. The van der Waals surface area contributed by atoms with Crippen molar-refractivity contribution in [2.75, 3.05) is 5.75 Å². The number of carboxylic acids is 1. The smallest absolute Gasteiger partial charge is 0.188 e. The number of hydrogen-bond donors (Lipinski definition) is 0. The normalized spacial score (nSPS) is 18.1. The van der Waals surface area contributed by atoms with E-state index in [4.69, 9.17) is 23.2 Å². The molecule has 0 saturated heterocycles. The van der Waals surface area contributed by atoms with Gasteiger partial charge in [-0.25, -0.2) is 9.98 Å². The first kappa shape index (κ1) is 15.4. The average Bonchev–Trinajstić information content (AvgIpc) is 2.82. The van der Waals surface area contributed by atoms with Crippen molar-refractivity contribution >= 4 is 57.5 Å². The van der Waals surface area contributed by atoms with Crippen molar-refractivity contribution < 1.29 is 9.90 Å². The Balaban J connectivity index is 2.27. The number of halogens is 2. The monoisotopic (exact) mass is 329 g/mol. The lowest BCUT2D eigenvalue weighted by Crippen LogP contribution is -2.36. The molecule has 0 aliphatic carbocycles. The fourth-order valence-corrected chi connectivity index (χ4v) is 2.99. The Bertz CT molecular complexity index is 602. The van der Waals surface area contributed by atoms with Crippen LogP contribution in [0.25, 0.3) is 0 Å². The highest BCUT2D eigenvalue weighted by Crippen LogP contribution is 2.31. The number of rotatable bonds is 4. The maximum absolute atomic E-state index is 11.0. The molecule has 2 rings (SSSR count). The minimum absolute atomic E-state index is 0.451. The quantitative estimate of drug-likeness (QED) is 0.852. The molecule has 1 unspecified atom stereocenters. The van der Waals surface area contributed by atoms with E-state index in [0.717, 1.165) is 0 Å². The molecule has 1 aromatic carbocycles. The van der Waals surface area contributed by atoms with Gasteiger partial charge in [0.05, 0.1) is 16.7 Å². The van der Waals surface area contributed by atoms with Crippen molar-refractivity contribution in [2.45, 2.75) is 13.3 Å². The molecular formula is C13H11Cl2N2O2S-. The number of amidine groups is 1. The van der Waals surface area contributed by atoms with Crippen molar-refractivity contribution in [3.05, 3.63) is 28.2 Å². The van der Waals surface area contributed by atoms with Gasteiger partial charge in [0.1, 0.15) is 0 Å². The molecule has 1 aliphatic heterocycles. The molecule has 0 bridgehead atoms. The van der Waals surface area contributed by atoms with Crippen LogP contribution in [0.15, 0.2) is 28.2 Å². The second-order valence-electron chi connectivity index (χ2n) is 4.16. The number of benzene rings is 1. The van der Waals surface area contributed by atoms with Crippen LogP contribution in [0.4, 0.5) is 5.69 Å². The Morgan fingerprint density at radius 2 is 2.30 bits per heavy atom. The molecule has 0 radical (unpaired) electrons. The Labute approximate surface area is 130 Å². The third-order valence-electron chi connectivity index (χ3n) is 2.81.